The predicted octanol–water partition coefficient (Wildman–Crippen LogP) is 4.28. The lowest BCUT2D eigenvalue weighted by Crippen LogP contribution is -2.09. The molecular formula is C19H15ClN4O2. The van der Waals surface area contributed by atoms with Crippen molar-refractivity contribution in [2.24, 2.45) is 0 Å². The van der Waals surface area contributed by atoms with Crippen molar-refractivity contribution in [3.8, 4) is 11.5 Å². The summed E-state index contributed by atoms with van der Waals surface area (Å²) in [4.78, 5) is 23.0. The summed E-state index contributed by atoms with van der Waals surface area (Å²) >= 11 is 0. The Hall–Kier alpha value is -3.38. The van der Waals surface area contributed by atoms with Crippen molar-refractivity contribution in [2.45, 2.75) is 0 Å². The van der Waals surface area contributed by atoms with Gasteiger partial charge in [0.2, 0.25) is 0 Å². The summed E-state index contributed by atoms with van der Waals surface area (Å²) in [5, 5.41) is 3.58. The van der Waals surface area contributed by atoms with E-state index in [9.17, 15) is 4.79 Å². The number of ether oxygens (including phenoxy) is 1. The van der Waals surface area contributed by atoms with Crippen LogP contribution < -0.4 is 15.6 Å². The number of pyridine rings is 1. The number of fused-ring (bicyclic) bond motifs is 1. The Labute approximate surface area is 155 Å². The number of anilines is 2. The topological polar surface area (TPSA) is 79.9 Å². The van der Waals surface area contributed by atoms with Gasteiger partial charge in [-0.2, -0.15) is 0 Å². The maximum absolute atomic E-state index is 12.1. The molecule has 0 bridgehead atoms. The maximum atomic E-state index is 12.1. The fourth-order valence-corrected chi connectivity index (χ4v) is 2.48. The van der Waals surface area contributed by atoms with Crippen LogP contribution in [0.4, 0.5) is 11.5 Å². The van der Waals surface area contributed by atoms with E-state index in [0.29, 0.717) is 16.7 Å². The molecule has 0 aliphatic rings. The van der Waals surface area contributed by atoms with Crippen LogP contribution in [0, 0.1) is 0 Å². The zero-order valence-electron chi connectivity index (χ0n) is 13.5. The van der Waals surface area contributed by atoms with E-state index < -0.39 is 0 Å². The molecule has 0 radical (unpaired) electrons. The Morgan fingerprint density at radius 2 is 1.62 bits per heavy atom. The average molecular weight is 367 g/mol. The highest BCUT2D eigenvalue weighted by Crippen LogP contribution is 2.25. The van der Waals surface area contributed by atoms with E-state index in [4.69, 9.17) is 4.74 Å². The van der Waals surface area contributed by atoms with Gasteiger partial charge in [-0.1, -0.05) is 18.2 Å². The quantitative estimate of drug-likeness (QED) is 0.563. The molecule has 2 N–H and O–H groups in total. The number of rotatable bonds is 4. The Balaban J connectivity index is 0.00000196. The third-order valence-corrected chi connectivity index (χ3v) is 3.66. The first-order valence-electron chi connectivity index (χ1n) is 7.72. The van der Waals surface area contributed by atoms with Crippen LogP contribution in [0.1, 0.15) is 0 Å². The number of hydrogen-bond acceptors (Lipinski definition) is 5. The Bertz CT molecular complexity index is 1060. The minimum Gasteiger partial charge on any atom is -0.457 e. The summed E-state index contributed by atoms with van der Waals surface area (Å²) in [6.07, 6.45) is 2.99. The third kappa shape index (κ3) is 3.65. The van der Waals surface area contributed by atoms with Crippen molar-refractivity contribution in [3.05, 3.63) is 83.5 Å². The Morgan fingerprint density at radius 1 is 0.885 bits per heavy atom. The fourth-order valence-electron chi connectivity index (χ4n) is 2.48. The lowest BCUT2D eigenvalue weighted by Gasteiger charge is -2.09. The SMILES string of the molecule is Cl.O=c1[nH]ccc2ncnc(Nc3ccc(Oc4ccccc4)cc3)c12. The molecule has 0 fully saturated rings. The van der Waals surface area contributed by atoms with Crippen LogP contribution in [0.5, 0.6) is 11.5 Å². The predicted molar refractivity (Wildman–Crippen MR) is 104 cm³/mol. The zero-order chi connectivity index (χ0) is 17.1. The largest absolute Gasteiger partial charge is 0.457 e. The van der Waals surface area contributed by atoms with Gasteiger partial charge in [0.25, 0.3) is 5.56 Å². The van der Waals surface area contributed by atoms with Crippen LogP contribution >= 0.6 is 12.4 Å². The smallest absolute Gasteiger partial charge is 0.261 e. The standard InChI is InChI=1S/C19H14N4O2.ClH/c24-19-17-16(10-11-20-19)21-12-22-18(17)23-13-6-8-15(9-7-13)25-14-4-2-1-3-5-14;/h1-12H,(H,20,24)(H,21,22,23);1H. The summed E-state index contributed by atoms with van der Waals surface area (Å²) in [5.74, 6) is 1.96. The molecule has 130 valence electrons. The van der Waals surface area contributed by atoms with Crippen LogP contribution in [0.15, 0.2) is 78.0 Å². The van der Waals surface area contributed by atoms with E-state index >= 15 is 0 Å². The van der Waals surface area contributed by atoms with Gasteiger partial charge in [0.1, 0.15) is 29.0 Å². The summed E-state index contributed by atoms with van der Waals surface area (Å²) < 4.78 is 5.76. The molecule has 0 aliphatic heterocycles. The zero-order valence-corrected chi connectivity index (χ0v) is 14.4. The van der Waals surface area contributed by atoms with Gasteiger partial charge in [0.05, 0.1) is 5.52 Å². The molecule has 7 heteroatoms. The highest BCUT2D eigenvalue weighted by molar-refractivity contribution is 5.89. The number of aromatic amines is 1. The molecule has 0 saturated carbocycles. The molecule has 0 saturated heterocycles. The van der Waals surface area contributed by atoms with Gasteiger partial charge in [0.15, 0.2) is 0 Å². The first-order chi connectivity index (χ1) is 12.3. The van der Waals surface area contributed by atoms with Gasteiger partial charge >= 0.3 is 0 Å². The number of para-hydroxylation sites is 1. The van der Waals surface area contributed by atoms with E-state index in [1.54, 1.807) is 12.3 Å². The van der Waals surface area contributed by atoms with Crippen LogP contribution in [0.25, 0.3) is 10.9 Å². The van der Waals surface area contributed by atoms with Gasteiger partial charge < -0.3 is 15.0 Å². The molecule has 4 rings (SSSR count). The maximum Gasteiger partial charge on any atom is 0.261 e. The molecule has 0 unspecified atom stereocenters. The third-order valence-electron chi connectivity index (χ3n) is 3.66. The number of nitrogens with zero attached hydrogens (tertiary/aromatic N) is 2. The van der Waals surface area contributed by atoms with Crippen molar-refractivity contribution in [1.29, 1.82) is 0 Å². The number of aromatic nitrogens is 3. The van der Waals surface area contributed by atoms with Crippen LogP contribution in [-0.4, -0.2) is 15.0 Å². The summed E-state index contributed by atoms with van der Waals surface area (Å²) in [6.45, 7) is 0. The number of benzene rings is 2. The number of nitrogens with one attached hydrogen (secondary N) is 2. The van der Waals surface area contributed by atoms with Crippen LogP contribution in [0.2, 0.25) is 0 Å². The second-order valence-electron chi connectivity index (χ2n) is 5.35. The van der Waals surface area contributed by atoms with Crippen molar-refractivity contribution < 1.29 is 4.74 Å². The van der Waals surface area contributed by atoms with Crippen molar-refractivity contribution >= 4 is 34.8 Å². The van der Waals surface area contributed by atoms with Gasteiger partial charge in [-0.05, 0) is 42.5 Å². The lowest BCUT2D eigenvalue weighted by molar-refractivity contribution is 0.483. The minimum absolute atomic E-state index is 0. The highest BCUT2D eigenvalue weighted by Gasteiger charge is 2.08. The molecule has 2 aromatic heterocycles. The molecule has 6 nitrogen and oxygen atoms in total. The van der Waals surface area contributed by atoms with Crippen molar-refractivity contribution in [2.75, 3.05) is 5.32 Å². The minimum atomic E-state index is -0.232. The average Bonchev–Trinajstić information content (AvgIpc) is 2.65. The number of halogens is 1. The summed E-state index contributed by atoms with van der Waals surface area (Å²) in [6, 6.07) is 18.7. The van der Waals surface area contributed by atoms with Gasteiger partial charge in [-0.25, -0.2) is 9.97 Å². The van der Waals surface area contributed by atoms with E-state index in [2.05, 4.69) is 20.3 Å². The molecule has 26 heavy (non-hydrogen) atoms. The van der Waals surface area contributed by atoms with Crippen molar-refractivity contribution in [3.63, 3.8) is 0 Å². The van der Waals surface area contributed by atoms with Crippen molar-refractivity contribution in [1.82, 2.24) is 15.0 Å². The van der Waals surface area contributed by atoms with Crippen LogP contribution in [0.3, 0.4) is 0 Å². The normalized spacial score (nSPS) is 10.2. The molecule has 0 amide bonds. The molecule has 0 aliphatic carbocycles. The molecule has 0 spiro atoms. The van der Waals surface area contributed by atoms with Gasteiger partial charge in [0, 0.05) is 11.9 Å². The molecule has 0 atom stereocenters. The number of hydrogen-bond donors (Lipinski definition) is 2. The summed E-state index contributed by atoms with van der Waals surface area (Å²) in [7, 11) is 0. The van der Waals surface area contributed by atoms with Gasteiger partial charge in [-0.3, -0.25) is 4.79 Å². The first-order valence-corrected chi connectivity index (χ1v) is 7.72. The van der Waals surface area contributed by atoms with Crippen LogP contribution in [-0.2, 0) is 0 Å². The first kappa shape index (κ1) is 17.4. The Kier molecular flexibility index (Phi) is 5.15. The second-order valence-corrected chi connectivity index (χ2v) is 5.35. The number of H-pyrrole nitrogens is 1. The molecule has 2 aromatic carbocycles. The van der Waals surface area contributed by atoms with E-state index in [-0.39, 0.29) is 18.0 Å². The fraction of sp³-hybridized carbons (Fsp3) is 0. The second kappa shape index (κ2) is 7.67. The van der Waals surface area contributed by atoms with E-state index in [1.165, 1.54) is 6.33 Å². The molecule has 4 aromatic rings. The molecular weight excluding hydrogens is 352 g/mol. The lowest BCUT2D eigenvalue weighted by atomic mass is 10.2. The van der Waals surface area contributed by atoms with Gasteiger partial charge in [-0.15, -0.1) is 12.4 Å². The molecule has 2 heterocycles. The summed E-state index contributed by atoms with van der Waals surface area (Å²) in [5.41, 5.74) is 1.15. The van der Waals surface area contributed by atoms with E-state index in [0.717, 1.165) is 17.2 Å². The Morgan fingerprint density at radius 3 is 2.38 bits per heavy atom. The monoisotopic (exact) mass is 366 g/mol. The highest BCUT2D eigenvalue weighted by atomic mass is 35.5. The van der Waals surface area contributed by atoms with E-state index in [1.807, 2.05) is 54.6 Å².